The van der Waals surface area contributed by atoms with Crippen LogP contribution in [0.1, 0.15) is 11.1 Å². The number of benzene rings is 2. The molecule has 0 spiro atoms. The van der Waals surface area contributed by atoms with Gasteiger partial charge in [-0.15, -0.1) is 0 Å². The Morgan fingerprint density at radius 1 is 1.00 bits per heavy atom. The van der Waals surface area contributed by atoms with Crippen LogP contribution >= 0.6 is 11.8 Å². The second-order valence-electron chi connectivity index (χ2n) is 4.90. The fraction of sp³-hybridized carbons (Fsp3) is 0.0588. The highest BCUT2D eigenvalue weighted by Crippen LogP contribution is 2.35. The third-order valence-electron chi connectivity index (χ3n) is 3.19. The molecule has 3 rings (SSSR count). The van der Waals surface area contributed by atoms with Gasteiger partial charge in [0.2, 0.25) is 0 Å². The van der Waals surface area contributed by atoms with Crippen molar-refractivity contribution in [3.05, 3.63) is 70.6 Å². The monoisotopic (exact) mass is 348 g/mol. The highest BCUT2D eigenvalue weighted by molar-refractivity contribution is 8.18. The molecule has 0 atom stereocenters. The maximum atomic E-state index is 13.0. The number of halogens is 3. The minimum atomic E-state index is -4.48. The maximum Gasteiger partial charge on any atom is 0.416 e. The van der Waals surface area contributed by atoms with Crippen molar-refractivity contribution in [2.45, 2.75) is 6.18 Å². The van der Waals surface area contributed by atoms with E-state index in [-0.39, 0.29) is 10.5 Å². The molecule has 1 fully saturated rings. The summed E-state index contributed by atoms with van der Waals surface area (Å²) in [6, 6.07) is 14.1. The molecule has 3 nitrogen and oxygen atoms in total. The molecule has 1 N–H and O–H groups in total. The van der Waals surface area contributed by atoms with Gasteiger partial charge in [0.25, 0.3) is 5.91 Å². The molecule has 0 saturated carbocycles. The summed E-state index contributed by atoms with van der Waals surface area (Å²) < 4.78 is 39.1. The van der Waals surface area contributed by atoms with Crippen molar-refractivity contribution in [2.24, 2.45) is 4.99 Å². The summed E-state index contributed by atoms with van der Waals surface area (Å²) in [5.41, 5.74) is -0.180. The molecule has 2 aromatic rings. The van der Waals surface area contributed by atoms with E-state index in [1.54, 1.807) is 24.3 Å². The Morgan fingerprint density at radius 3 is 2.38 bits per heavy atom. The number of amides is 1. The van der Waals surface area contributed by atoms with Gasteiger partial charge in [-0.25, -0.2) is 4.99 Å². The number of alkyl halides is 3. The lowest BCUT2D eigenvalue weighted by Gasteiger charge is -2.09. The van der Waals surface area contributed by atoms with Gasteiger partial charge in [-0.1, -0.05) is 36.4 Å². The zero-order valence-corrected chi connectivity index (χ0v) is 13.0. The molecular weight excluding hydrogens is 337 g/mol. The molecule has 122 valence electrons. The van der Waals surface area contributed by atoms with Crippen LogP contribution in [0.3, 0.4) is 0 Å². The number of nitrogens with one attached hydrogen (secondary N) is 1. The van der Waals surface area contributed by atoms with Crippen LogP contribution in [0.5, 0.6) is 0 Å². The van der Waals surface area contributed by atoms with E-state index in [4.69, 9.17) is 0 Å². The Labute approximate surface area is 140 Å². The third-order valence-corrected chi connectivity index (χ3v) is 4.10. The van der Waals surface area contributed by atoms with Gasteiger partial charge >= 0.3 is 6.18 Å². The fourth-order valence-electron chi connectivity index (χ4n) is 2.12. The number of aliphatic imine (C=N–C) groups is 1. The minimum Gasteiger partial charge on any atom is -0.300 e. The number of hydrogen-bond acceptors (Lipinski definition) is 3. The summed E-state index contributed by atoms with van der Waals surface area (Å²) in [4.78, 5) is 16.4. The molecule has 24 heavy (non-hydrogen) atoms. The lowest BCUT2D eigenvalue weighted by molar-refractivity contribution is -0.137. The lowest BCUT2D eigenvalue weighted by atomic mass is 10.1. The number of rotatable bonds is 2. The first-order chi connectivity index (χ1) is 11.4. The number of carbonyl (C=O) groups is 1. The molecule has 1 aliphatic rings. The summed E-state index contributed by atoms with van der Waals surface area (Å²) in [5.74, 6) is -0.466. The van der Waals surface area contributed by atoms with Crippen molar-refractivity contribution in [1.82, 2.24) is 5.32 Å². The van der Waals surface area contributed by atoms with E-state index in [1.165, 1.54) is 24.3 Å². The molecule has 1 aliphatic heterocycles. The molecule has 1 amide bonds. The molecule has 0 radical (unpaired) electrons. The van der Waals surface area contributed by atoms with Crippen LogP contribution in [-0.2, 0) is 11.0 Å². The molecule has 0 aliphatic carbocycles. The van der Waals surface area contributed by atoms with Gasteiger partial charge in [-0.3, -0.25) is 4.79 Å². The number of para-hydroxylation sites is 1. The summed E-state index contributed by atoms with van der Waals surface area (Å²) >= 11 is 1.01. The van der Waals surface area contributed by atoms with Crippen molar-refractivity contribution in [2.75, 3.05) is 0 Å². The molecular formula is C17H11F3N2OS. The van der Waals surface area contributed by atoms with Gasteiger partial charge in [0.05, 0.1) is 16.2 Å². The van der Waals surface area contributed by atoms with Crippen LogP contribution < -0.4 is 5.32 Å². The van der Waals surface area contributed by atoms with Gasteiger partial charge in [0, 0.05) is 0 Å². The minimum absolute atomic E-state index is 0.0522. The SMILES string of the molecule is O=C1NC(=Nc2ccccc2)SC1=Cc1ccccc1C(F)(F)F. The van der Waals surface area contributed by atoms with Crippen LogP contribution in [0.25, 0.3) is 6.08 Å². The van der Waals surface area contributed by atoms with Gasteiger partial charge in [-0.05, 0) is 41.6 Å². The average Bonchev–Trinajstić information content (AvgIpc) is 2.87. The van der Waals surface area contributed by atoms with E-state index in [0.29, 0.717) is 10.9 Å². The molecule has 2 aromatic carbocycles. The number of amidine groups is 1. The third kappa shape index (κ3) is 3.68. The predicted molar refractivity (Wildman–Crippen MR) is 88.7 cm³/mol. The molecule has 0 unspecified atom stereocenters. The van der Waals surface area contributed by atoms with E-state index in [9.17, 15) is 18.0 Å². The van der Waals surface area contributed by atoms with E-state index in [2.05, 4.69) is 10.3 Å². The number of carbonyl (C=O) groups excluding carboxylic acids is 1. The first-order valence-corrected chi connectivity index (χ1v) is 7.76. The molecule has 0 bridgehead atoms. The lowest BCUT2D eigenvalue weighted by Crippen LogP contribution is -2.19. The van der Waals surface area contributed by atoms with Crippen molar-refractivity contribution in [3.63, 3.8) is 0 Å². The largest absolute Gasteiger partial charge is 0.416 e. The van der Waals surface area contributed by atoms with E-state index >= 15 is 0 Å². The molecule has 1 heterocycles. The molecule has 7 heteroatoms. The van der Waals surface area contributed by atoms with Crippen molar-refractivity contribution >= 4 is 34.6 Å². The van der Waals surface area contributed by atoms with Crippen LogP contribution in [0.15, 0.2) is 64.5 Å². The maximum absolute atomic E-state index is 13.0. The quantitative estimate of drug-likeness (QED) is 0.806. The Hall–Kier alpha value is -2.54. The van der Waals surface area contributed by atoms with Crippen LogP contribution in [0.4, 0.5) is 18.9 Å². The first kappa shape index (κ1) is 16.3. The van der Waals surface area contributed by atoms with Gasteiger partial charge in [0.15, 0.2) is 5.17 Å². The van der Waals surface area contributed by atoms with Crippen LogP contribution in [0.2, 0.25) is 0 Å². The fourth-order valence-corrected chi connectivity index (χ4v) is 2.96. The number of thioether (sulfide) groups is 1. The van der Waals surface area contributed by atoms with Gasteiger partial charge in [-0.2, -0.15) is 13.2 Å². The highest BCUT2D eigenvalue weighted by atomic mass is 32.2. The molecule has 0 aromatic heterocycles. The normalized spacial score (nSPS) is 18.2. The van der Waals surface area contributed by atoms with Crippen molar-refractivity contribution in [1.29, 1.82) is 0 Å². The topological polar surface area (TPSA) is 41.5 Å². The zero-order chi connectivity index (χ0) is 17.2. The Balaban J connectivity index is 1.90. The van der Waals surface area contributed by atoms with Gasteiger partial charge < -0.3 is 5.32 Å². The smallest absolute Gasteiger partial charge is 0.300 e. The predicted octanol–water partition coefficient (Wildman–Crippen LogP) is 4.60. The van der Waals surface area contributed by atoms with Crippen LogP contribution in [0, 0.1) is 0 Å². The Bertz CT molecular complexity index is 829. The van der Waals surface area contributed by atoms with Crippen molar-refractivity contribution < 1.29 is 18.0 Å². The Kier molecular flexibility index (Phi) is 4.44. The second kappa shape index (κ2) is 6.52. The van der Waals surface area contributed by atoms with Crippen molar-refractivity contribution in [3.8, 4) is 0 Å². The average molecular weight is 348 g/mol. The molecule has 1 saturated heterocycles. The van der Waals surface area contributed by atoms with E-state index < -0.39 is 17.6 Å². The summed E-state index contributed by atoms with van der Waals surface area (Å²) in [6.45, 7) is 0. The Morgan fingerprint density at radius 2 is 1.67 bits per heavy atom. The standard InChI is InChI=1S/C17H11F3N2OS/c18-17(19,20)13-9-5-4-6-11(13)10-14-15(23)22-16(24-14)21-12-7-2-1-3-8-12/h1-10H,(H,21,22,23). The summed E-state index contributed by atoms with van der Waals surface area (Å²) in [6.07, 6.45) is -3.25. The first-order valence-electron chi connectivity index (χ1n) is 6.94. The number of nitrogens with zero attached hydrogens (tertiary/aromatic N) is 1. The van der Waals surface area contributed by atoms with Crippen LogP contribution in [-0.4, -0.2) is 11.1 Å². The summed E-state index contributed by atoms with van der Waals surface area (Å²) in [7, 11) is 0. The second-order valence-corrected chi connectivity index (χ2v) is 5.93. The number of hydrogen-bond donors (Lipinski definition) is 1. The zero-order valence-electron chi connectivity index (χ0n) is 12.2. The highest BCUT2D eigenvalue weighted by Gasteiger charge is 2.33. The summed E-state index contributed by atoms with van der Waals surface area (Å²) in [5, 5.41) is 2.89. The van der Waals surface area contributed by atoms with E-state index in [1.807, 2.05) is 6.07 Å². The van der Waals surface area contributed by atoms with E-state index in [0.717, 1.165) is 17.8 Å². The van der Waals surface area contributed by atoms with Gasteiger partial charge in [0.1, 0.15) is 0 Å².